The largest absolute Gasteiger partial charge is 0.442 e. The van der Waals surface area contributed by atoms with Crippen molar-refractivity contribution >= 4 is 51.5 Å². The average Bonchev–Trinajstić information content (AvgIpc) is 3.61. The SMILES string of the molecule is CCSC(Cc1nnc(OC(NC)c2ncn[nH]2)s1)c1nnc([N+](=C=O)C2=NC=CC2)s1. The Kier molecular flexibility index (Phi) is 7.44. The van der Waals surface area contributed by atoms with E-state index < -0.39 is 6.23 Å². The van der Waals surface area contributed by atoms with Gasteiger partial charge in [-0.05, 0) is 30.2 Å². The molecule has 12 nitrogen and oxygen atoms in total. The first kappa shape index (κ1) is 22.4. The minimum Gasteiger partial charge on any atom is -0.442 e. The van der Waals surface area contributed by atoms with Crippen molar-refractivity contribution in [1.29, 1.82) is 0 Å². The van der Waals surface area contributed by atoms with Gasteiger partial charge < -0.3 is 4.74 Å². The summed E-state index contributed by atoms with van der Waals surface area (Å²) in [4.78, 5) is 19.7. The van der Waals surface area contributed by atoms with Gasteiger partial charge in [-0.3, -0.25) is 10.4 Å². The van der Waals surface area contributed by atoms with Crippen molar-refractivity contribution in [3.05, 3.63) is 34.4 Å². The fraction of sp³-hybridized carbons (Fsp3) is 0.412. The molecule has 0 bridgehead atoms. The van der Waals surface area contributed by atoms with E-state index in [9.17, 15) is 4.79 Å². The first-order valence-corrected chi connectivity index (χ1v) is 12.3. The summed E-state index contributed by atoms with van der Waals surface area (Å²) < 4.78 is 7.15. The second-order valence-corrected chi connectivity index (χ2v) is 9.74. The Morgan fingerprint density at radius 2 is 2.25 bits per heavy atom. The maximum absolute atomic E-state index is 11.5. The van der Waals surface area contributed by atoms with E-state index in [1.54, 1.807) is 25.0 Å². The molecule has 2 atom stereocenters. The van der Waals surface area contributed by atoms with Crippen LogP contribution in [0.5, 0.6) is 5.19 Å². The van der Waals surface area contributed by atoms with Crippen LogP contribution < -0.4 is 10.1 Å². The number of isocyanates is 1. The monoisotopic (exact) mass is 491 g/mol. The molecule has 4 heterocycles. The van der Waals surface area contributed by atoms with Crippen molar-refractivity contribution in [3.8, 4) is 5.19 Å². The number of hydrogen-bond donors (Lipinski definition) is 2. The van der Waals surface area contributed by atoms with E-state index in [4.69, 9.17) is 4.74 Å². The van der Waals surface area contributed by atoms with Gasteiger partial charge in [0.05, 0.1) is 17.9 Å². The predicted molar refractivity (Wildman–Crippen MR) is 120 cm³/mol. The molecular weight excluding hydrogens is 472 g/mol. The molecule has 32 heavy (non-hydrogen) atoms. The third kappa shape index (κ3) is 5.14. The second-order valence-electron chi connectivity index (χ2n) is 6.25. The van der Waals surface area contributed by atoms with E-state index in [1.807, 2.05) is 12.2 Å². The van der Waals surface area contributed by atoms with Crippen LogP contribution in [0.3, 0.4) is 0 Å². The first-order chi connectivity index (χ1) is 15.7. The molecule has 4 rings (SSSR count). The molecule has 0 amide bonds. The van der Waals surface area contributed by atoms with Gasteiger partial charge in [-0.25, -0.2) is 4.98 Å². The zero-order valence-corrected chi connectivity index (χ0v) is 19.6. The fourth-order valence-electron chi connectivity index (χ4n) is 2.79. The lowest BCUT2D eigenvalue weighted by Crippen LogP contribution is -2.23. The maximum Gasteiger partial charge on any atom is 0.362 e. The third-order valence-electron chi connectivity index (χ3n) is 4.21. The Bertz CT molecular complexity index is 1150. The number of ether oxygens (including phenoxy) is 1. The number of aromatic nitrogens is 7. The summed E-state index contributed by atoms with van der Waals surface area (Å²) in [5.41, 5.74) is 0. The number of nitrogens with zero attached hydrogens (tertiary/aromatic N) is 8. The average molecular weight is 492 g/mol. The van der Waals surface area contributed by atoms with Gasteiger partial charge >= 0.3 is 5.13 Å². The molecule has 3 aromatic heterocycles. The minimum absolute atomic E-state index is 0.0126. The number of carbonyl (C=O) groups excluding carboxylic acids is 1. The van der Waals surface area contributed by atoms with E-state index in [2.05, 4.69) is 52.8 Å². The van der Waals surface area contributed by atoms with Crippen LogP contribution in [0.25, 0.3) is 0 Å². The predicted octanol–water partition coefficient (Wildman–Crippen LogP) is 2.14. The lowest BCUT2D eigenvalue weighted by Gasteiger charge is -2.12. The number of H-pyrrole nitrogens is 1. The smallest absolute Gasteiger partial charge is 0.362 e. The molecule has 2 N–H and O–H groups in total. The molecule has 0 radical (unpaired) electrons. The first-order valence-electron chi connectivity index (χ1n) is 9.58. The molecule has 1 aliphatic rings. The van der Waals surface area contributed by atoms with E-state index in [1.165, 1.54) is 33.6 Å². The summed E-state index contributed by atoms with van der Waals surface area (Å²) in [5, 5.41) is 29.0. The van der Waals surface area contributed by atoms with Crippen molar-refractivity contribution in [2.24, 2.45) is 4.99 Å². The highest BCUT2D eigenvalue weighted by molar-refractivity contribution is 7.99. The Balaban J connectivity index is 1.46. The Hall–Kier alpha value is -2.84. The van der Waals surface area contributed by atoms with Crippen LogP contribution in [0.1, 0.15) is 40.7 Å². The molecule has 0 aliphatic carbocycles. The van der Waals surface area contributed by atoms with E-state index in [-0.39, 0.29) is 5.25 Å². The van der Waals surface area contributed by atoms with Crippen LogP contribution in [0.15, 0.2) is 23.6 Å². The maximum atomic E-state index is 11.5. The number of aromatic amines is 1. The van der Waals surface area contributed by atoms with Crippen LogP contribution in [-0.4, -0.2) is 64.9 Å². The summed E-state index contributed by atoms with van der Waals surface area (Å²) in [5.74, 6) is 2.01. The fourth-order valence-corrected chi connectivity index (χ4v) is 5.67. The zero-order valence-electron chi connectivity index (χ0n) is 17.1. The molecule has 166 valence electrons. The van der Waals surface area contributed by atoms with Crippen LogP contribution in [0, 0.1) is 0 Å². The summed E-state index contributed by atoms with van der Waals surface area (Å²) in [6, 6.07) is 0. The highest BCUT2D eigenvalue weighted by Crippen LogP contribution is 2.37. The van der Waals surface area contributed by atoms with Crippen molar-refractivity contribution in [1.82, 2.24) is 40.9 Å². The Morgan fingerprint density at radius 3 is 2.94 bits per heavy atom. The molecule has 3 aromatic rings. The van der Waals surface area contributed by atoms with Gasteiger partial charge in [-0.15, -0.1) is 14.7 Å². The molecule has 0 spiro atoms. The molecule has 0 saturated carbocycles. The second kappa shape index (κ2) is 10.7. The lowest BCUT2D eigenvalue weighted by atomic mass is 10.3. The highest BCUT2D eigenvalue weighted by atomic mass is 32.2. The number of hydrogen-bond acceptors (Lipinski definition) is 13. The molecule has 15 heteroatoms. The summed E-state index contributed by atoms with van der Waals surface area (Å²) in [6.07, 6.45) is 7.49. The van der Waals surface area contributed by atoms with E-state index in [0.29, 0.717) is 34.8 Å². The van der Waals surface area contributed by atoms with Crippen LogP contribution >= 0.6 is 34.4 Å². The van der Waals surface area contributed by atoms with Gasteiger partial charge in [0.1, 0.15) is 11.3 Å². The normalized spacial score (nSPS) is 14.8. The standard InChI is InChI=1S/C17H19N10O2S3/c1-3-30-10(15-24-25-16(32-15)27(9-28)11-5-4-6-19-11)7-12-22-26-17(31-12)29-14(18-2)13-20-8-21-23-13/h4,6,8,10,14,18H,3,5,7H2,1-2H3,(H,20,21,23)/q+1. The van der Waals surface area contributed by atoms with Gasteiger partial charge in [0.25, 0.3) is 17.1 Å². The third-order valence-corrected chi connectivity index (χ3v) is 7.35. The van der Waals surface area contributed by atoms with Crippen molar-refractivity contribution in [3.63, 3.8) is 0 Å². The molecular formula is C17H19N10O2S3+. The molecule has 0 fully saturated rings. The van der Waals surface area contributed by atoms with Crippen LogP contribution in [0.4, 0.5) is 5.13 Å². The zero-order chi connectivity index (χ0) is 22.3. The van der Waals surface area contributed by atoms with Crippen LogP contribution in [-0.2, 0) is 11.2 Å². The molecule has 2 unspecified atom stereocenters. The molecule has 0 aromatic carbocycles. The van der Waals surface area contributed by atoms with Crippen LogP contribution in [0.2, 0.25) is 0 Å². The van der Waals surface area contributed by atoms with Gasteiger partial charge in [-0.2, -0.15) is 21.7 Å². The number of amidine groups is 1. The van der Waals surface area contributed by atoms with Crippen molar-refractivity contribution in [2.45, 2.75) is 31.2 Å². The Labute approximate surface area is 195 Å². The van der Waals surface area contributed by atoms with Gasteiger partial charge in [0.15, 0.2) is 10.8 Å². The van der Waals surface area contributed by atoms with E-state index >= 15 is 0 Å². The van der Waals surface area contributed by atoms with Crippen molar-refractivity contribution < 1.29 is 14.1 Å². The number of thioether (sulfide) groups is 1. The summed E-state index contributed by atoms with van der Waals surface area (Å²) >= 11 is 4.43. The Morgan fingerprint density at radius 1 is 1.34 bits per heavy atom. The van der Waals surface area contributed by atoms with Gasteiger partial charge in [0.2, 0.25) is 6.23 Å². The highest BCUT2D eigenvalue weighted by Gasteiger charge is 2.27. The lowest BCUT2D eigenvalue weighted by molar-refractivity contribution is -0.306. The number of nitrogens with one attached hydrogen (secondary N) is 2. The molecule has 0 saturated heterocycles. The molecule has 1 aliphatic heterocycles. The topological polar surface area (TPSA) is 147 Å². The number of aliphatic imine (C=N–C) groups is 1. The van der Waals surface area contributed by atoms with E-state index in [0.717, 1.165) is 15.8 Å². The van der Waals surface area contributed by atoms with Crippen molar-refractivity contribution in [2.75, 3.05) is 12.8 Å². The van der Waals surface area contributed by atoms with Gasteiger partial charge in [0, 0.05) is 11.5 Å². The quantitative estimate of drug-likeness (QED) is 0.187. The summed E-state index contributed by atoms with van der Waals surface area (Å²) in [6.45, 7) is 2.08. The summed E-state index contributed by atoms with van der Waals surface area (Å²) in [7, 11) is 1.75. The van der Waals surface area contributed by atoms with Gasteiger partial charge in [-0.1, -0.05) is 28.5 Å². The number of rotatable bonds is 10. The minimum atomic E-state index is -0.511.